The second-order valence-corrected chi connectivity index (χ2v) is 10.7. The summed E-state index contributed by atoms with van der Waals surface area (Å²) in [5.74, 6) is 1.80. The number of amides is 2. The van der Waals surface area contributed by atoms with Gasteiger partial charge in [-0.15, -0.1) is 11.3 Å². The van der Waals surface area contributed by atoms with Gasteiger partial charge in [-0.25, -0.2) is 19.7 Å². The largest absolute Gasteiger partial charge is 0.379 e. The Balaban J connectivity index is 1.20. The zero-order valence-electron chi connectivity index (χ0n) is 21.9. The van der Waals surface area contributed by atoms with Gasteiger partial charge in [-0.3, -0.25) is 10.00 Å². The van der Waals surface area contributed by atoms with E-state index in [1.807, 2.05) is 30.3 Å². The number of H-pyrrole nitrogens is 1. The summed E-state index contributed by atoms with van der Waals surface area (Å²) in [6, 6.07) is 13.2. The lowest BCUT2D eigenvalue weighted by atomic mass is 10.2. The molecular weight excluding hydrogens is 530 g/mol. The highest BCUT2D eigenvalue weighted by molar-refractivity contribution is 7.15. The summed E-state index contributed by atoms with van der Waals surface area (Å²) in [4.78, 5) is 31.4. The summed E-state index contributed by atoms with van der Waals surface area (Å²) in [6.07, 6.45) is 1.46. The molecule has 4 aromatic rings. The third kappa shape index (κ3) is 6.69. The van der Waals surface area contributed by atoms with E-state index in [1.54, 1.807) is 17.5 Å². The van der Waals surface area contributed by atoms with Crippen molar-refractivity contribution < 1.29 is 14.3 Å². The van der Waals surface area contributed by atoms with Crippen LogP contribution in [0.5, 0.6) is 0 Å². The predicted octanol–water partition coefficient (Wildman–Crippen LogP) is 2.81. The van der Waals surface area contributed by atoms with Crippen LogP contribution in [0.25, 0.3) is 22.1 Å². The Labute approximate surface area is 235 Å². The fourth-order valence-electron chi connectivity index (χ4n) is 4.51. The monoisotopic (exact) mass is 561 g/mol. The van der Waals surface area contributed by atoms with Crippen LogP contribution in [0.4, 0.5) is 10.5 Å². The first-order valence-electron chi connectivity index (χ1n) is 13.3. The van der Waals surface area contributed by atoms with Crippen molar-refractivity contribution in [2.24, 2.45) is 0 Å². The van der Waals surface area contributed by atoms with Gasteiger partial charge >= 0.3 is 6.03 Å². The average Bonchev–Trinajstić information content (AvgIpc) is 3.70. The molecule has 1 aromatic carbocycles. The van der Waals surface area contributed by atoms with Crippen LogP contribution in [0.3, 0.4) is 0 Å². The minimum atomic E-state index is -0.312. The van der Waals surface area contributed by atoms with Crippen molar-refractivity contribution in [2.45, 2.75) is 19.2 Å². The van der Waals surface area contributed by atoms with E-state index >= 15 is 0 Å². The number of urea groups is 1. The van der Waals surface area contributed by atoms with Gasteiger partial charge in [-0.05, 0) is 42.5 Å². The first-order chi connectivity index (χ1) is 19.7. The number of benzene rings is 1. The van der Waals surface area contributed by atoms with Crippen LogP contribution in [0, 0.1) is 0 Å². The number of carbonyl (C=O) groups is 1. The molecule has 5 heterocycles. The van der Waals surface area contributed by atoms with E-state index in [1.165, 1.54) is 4.88 Å². The van der Waals surface area contributed by atoms with E-state index < -0.39 is 0 Å². The molecule has 3 aromatic heterocycles. The number of hydrogen-bond acceptors (Lipinski definition) is 10. The lowest BCUT2D eigenvalue weighted by Gasteiger charge is -2.25. The molecule has 0 spiro atoms. The molecule has 0 radical (unpaired) electrons. The van der Waals surface area contributed by atoms with Crippen molar-refractivity contribution in [3.8, 4) is 22.1 Å². The number of hydrogen-bond donors (Lipinski definition) is 4. The Bertz CT molecular complexity index is 1400. The third-order valence-corrected chi connectivity index (χ3v) is 7.69. The second kappa shape index (κ2) is 12.6. The lowest BCUT2D eigenvalue weighted by molar-refractivity contribution is 0.0221. The van der Waals surface area contributed by atoms with E-state index in [9.17, 15) is 4.79 Å². The van der Waals surface area contributed by atoms with Gasteiger partial charge in [0.1, 0.15) is 6.10 Å². The highest BCUT2D eigenvalue weighted by Crippen LogP contribution is 2.30. The first kappa shape index (κ1) is 26.5. The maximum atomic E-state index is 12.3. The molecule has 0 bridgehead atoms. The van der Waals surface area contributed by atoms with Crippen LogP contribution in [-0.2, 0) is 22.6 Å². The van der Waals surface area contributed by atoms with Crippen LogP contribution >= 0.6 is 11.3 Å². The van der Waals surface area contributed by atoms with Gasteiger partial charge in [-0.1, -0.05) is 0 Å². The number of nitrogens with zero attached hydrogens (tertiary/aromatic N) is 5. The SMILES string of the molecule is O=C(NCc1cc[nH]n1)Nc1ccc(-c2nc(-c3ccc(CN4CCOCC4)s3)nc(C3CNCCO3)n2)cc1. The topological polar surface area (TPSA) is 142 Å². The Morgan fingerprint density at radius 2 is 1.88 bits per heavy atom. The molecule has 1 atom stereocenters. The molecule has 4 N–H and O–H groups in total. The van der Waals surface area contributed by atoms with Crippen molar-refractivity contribution in [3.05, 3.63) is 65.1 Å². The van der Waals surface area contributed by atoms with Gasteiger partial charge in [0.25, 0.3) is 0 Å². The molecule has 0 saturated carbocycles. The van der Waals surface area contributed by atoms with E-state index in [0.717, 1.165) is 55.5 Å². The normalized spacial score (nSPS) is 17.9. The molecule has 2 fully saturated rings. The zero-order valence-corrected chi connectivity index (χ0v) is 22.7. The molecule has 2 aliphatic rings. The Hall–Kier alpha value is -3.75. The van der Waals surface area contributed by atoms with Crippen molar-refractivity contribution in [2.75, 3.05) is 51.3 Å². The summed E-state index contributed by atoms with van der Waals surface area (Å²) < 4.78 is 11.5. The van der Waals surface area contributed by atoms with Crippen molar-refractivity contribution in [1.82, 2.24) is 40.7 Å². The number of morpholine rings is 2. The second-order valence-electron chi connectivity index (χ2n) is 9.51. The van der Waals surface area contributed by atoms with E-state index in [4.69, 9.17) is 24.4 Å². The van der Waals surface area contributed by atoms with Crippen LogP contribution in [0.1, 0.15) is 22.5 Å². The molecule has 208 valence electrons. The van der Waals surface area contributed by atoms with Crippen LogP contribution in [0.2, 0.25) is 0 Å². The summed E-state index contributed by atoms with van der Waals surface area (Å²) in [5.41, 5.74) is 2.23. The van der Waals surface area contributed by atoms with Gasteiger partial charge in [0.05, 0.1) is 36.9 Å². The molecule has 2 aliphatic heterocycles. The van der Waals surface area contributed by atoms with Crippen molar-refractivity contribution in [1.29, 1.82) is 0 Å². The number of aromatic nitrogens is 5. The van der Waals surface area contributed by atoms with Crippen molar-refractivity contribution in [3.63, 3.8) is 0 Å². The van der Waals surface area contributed by atoms with Gasteiger partial charge in [0, 0.05) is 55.0 Å². The molecule has 6 rings (SSSR count). The maximum Gasteiger partial charge on any atom is 0.319 e. The van der Waals surface area contributed by atoms with E-state index in [-0.39, 0.29) is 12.1 Å². The molecule has 2 saturated heterocycles. The molecule has 1 unspecified atom stereocenters. The Morgan fingerprint density at radius 1 is 1.02 bits per heavy atom. The third-order valence-electron chi connectivity index (χ3n) is 6.62. The van der Waals surface area contributed by atoms with Crippen LogP contribution in [0.15, 0.2) is 48.7 Å². The fraction of sp³-hybridized carbons (Fsp3) is 0.370. The Morgan fingerprint density at radius 3 is 2.65 bits per heavy atom. The number of rotatable bonds is 8. The molecule has 12 nitrogen and oxygen atoms in total. The predicted molar refractivity (Wildman–Crippen MR) is 151 cm³/mol. The van der Waals surface area contributed by atoms with Crippen molar-refractivity contribution >= 4 is 23.1 Å². The molecule has 2 amide bonds. The van der Waals surface area contributed by atoms with Gasteiger partial charge in [0.2, 0.25) is 0 Å². The number of nitrogens with one attached hydrogen (secondary N) is 4. The summed E-state index contributed by atoms with van der Waals surface area (Å²) in [7, 11) is 0. The summed E-state index contributed by atoms with van der Waals surface area (Å²) >= 11 is 1.70. The number of ether oxygens (including phenoxy) is 2. The number of thiophene rings is 1. The van der Waals surface area contributed by atoms with Gasteiger partial charge < -0.3 is 25.4 Å². The molecule has 40 heavy (non-hydrogen) atoms. The maximum absolute atomic E-state index is 12.3. The lowest BCUT2D eigenvalue weighted by Crippen LogP contribution is -2.35. The summed E-state index contributed by atoms with van der Waals surface area (Å²) in [5, 5.41) is 15.7. The number of anilines is 1. The quantitative estimate of drug-likeness (QED) is 0.255. The minimum absolute atomic E-state index is 0.249. The van der Waals surface area contributed by atoms with Gasteiger partial charge in [0.15, 0.2) is 17.5 Å². The van der Waals surface area contributed by atoms with Crippen LogP contribution < -0.4 is 16.0 Å². The zero-order chi connectivity index (χ0) is 27.1. The molecule has 0 aliphatic carbocycles. The van der Waals surface area contributed by atoms with Crippen LogP contribution in [-0.4, -0.2) is 82.1 Å². The van der Waals surface area contributed by atoms with E-state index in [0.29, 0.717) is 42.9 Å². The van der Waals surface area contributed by atoms with Gasteiger partial charge in [-0.2, -0.15) is 5.10 Å². The molecule has 13 heteroatoms. The highest BCUT2D eigenvalue weighted by Gasteiger charge is 2.22. The first-order valence-corrected chi connectivity index (χ1v) is 14.1. The minimum Gasteiger partial charge on any atom is -0.379 e. The fourth-order valence-corrected chi connectivity index (χ4v) is 5.49. The Kier molecular flexibility index (Phi) is 8.35. The molecular formula is C27H31N9O3S. The van der Waals surface area contributed by atoms with E-state index in [2.05, 4.69) is 43.2 Å². The highest BCUT2D eigenvalue weighted by atomic mass is 32.1. The number of aromatic amines is 1. The number of carbonyl (C=O) groups excluding carboxylic acids is 1. The average molecular weight is 562 g/mol. The standard InChI is InChI=1S/C27H31N9O3S/c37-27(29-15-20-7-8-30-35-20)31-19-3-1-18(2-4-19)24-32-25(22-16-28-9-12-39-22)34-26(33-24)23-6-5-21(40-23)17-36-10-13-38-14-11-36/h1-8,22,28H,9-17H2,(H,30,35)(H2,29,31,37). The smallest absolute Gasteiger partial charge is 0.319 e. The summed E-state index contributed by atoms with van der Waals surface area (Å²) in [6.45, 7) is 6.71.